The maximum absolute atomic E-state index is 9.96. The normalized spacial score (nSPS) is 32.3. The van der Waals surface area contributed by atoms with E-state index >= 15 is 0 Å². The molecule has 0 spiro atoms. The Morgan fingerprint density at radius 2 is 1.44 bits per heavy atom. The van der Waals surface area contributed by atoms with Crippen molar-refractivity contribution in [1.29, 1.82) is 0 Å². The Bertz CT molecular complexity index is 857. The van der Waals surface area contributed by atoms with E-state index in [-0.39, 0.29) is 11.2 Å². The molecule has 4 aliphatic rings. The third kappa shape index (κ3) is 3.06. The maximum atomic E-state index is 9.96. The summed E-state index contributed by atoms with van der Waals surface area (Å²) in [6.45, 7) is 6.17. The lowest BCUT2D eigenvalue weighted by Gasteiger charge is -2.60. The Morgan fingerprint density at radius 1 is 0.852 bits per heavy atom. The van der Waals surface area contributed by atoms with Crippen LogP contribution < -0.4 is 0 Å². The quantitative estimate of drug-likeness (QED) is 0.669. The number of para-hydroxylation sites is 1. The molecule has 0 atom stereocenters. The van der Waals surface area contributed by atoms with E-state index in [2.05, 4.69) is 44.1 Å². The van der Waals surface area contributed by atoms with Gasteiger partial charge in [0.1, 0.15) is 5.75 Å². The molecule has 6 heteroatoms. The number of hydrogen-bond acceptors (Lipinski definition) is 6. The second-order valence-corrected chi connectivity index (χ2v) is 7.81. The molecule has 4 heterocycles. The molecule has 2 aromatic rings. The second kappa shape index (κ2) is 6.56. The van der Waals surface area contributed by atoms with Gasteiger partial charge in [-0.2, -0.15) is 10.2 Å². The smallest absolute Gasteiger partial charge is 0.124 e. The summed E-state index contributed by atoms with van der Waals surface area (Å²) in [5.74, 6) is 0.218. The van der Waals surface area contributed by atoms with Crippen LogP contribution in [0.3, 0.4) is 0 Å². The highest BCUT2D eigenvalue weighted by molar-refractivity contribution is 6.05. The van der Waals surface area contributed by atoms with E-state index in [0.29, 0.717) is 5.56 Å². The van der Waals surface area contributed by atoms with Gasteiger partial charge >= 0.3 is 0 Å². The molecule has 0 saturated carbocycles. The summed E-state index contributed by atoms with van der Waals surface area (Å²) in [6, 6.07) is 17.6. The summed E-state index contributed by atoms with van der Waals surface area (Å²) in [5.41, 5.74) is 2.80. The molecule has 0 radical (unpaired) electrons. The van der Waals surface area contributed by atoms with E-state index < -0.39 is 0 Å². The van der Waals surface area contributed by atoms with Gasteiger partial charge in [0.25, 0.3) is 0 Å². The number of phenols is 1. The minimum Gasteiger partial charge on any atom is -0.507 e. The van der Waals surface area contributed by atoms with Crippen LogP contribution in [0.5, 0.6) is 5.75 Å². The highest BCUT2D eigenvalue weighted by Gasteiger charge is 2.51. The number of phenolic OH excluding ortho intramolecular Hbond substituents is 1. The fourth-order valence-corrected chi connectivity index (χ4v) is 4.75. The zero-order valence-electron chi connectivity index (χ0n) is 15.2. The molecule has 6 nitrogen and oxygen atoms in total. The summed E-state index contributed by atoms with van der Waals surface area (Å²) in [4.78, 5) is 7.46. The van der Waals surface area contributed by atoms with Gasteiger partial charge in [-0.05, 0) is 17.7 Å². The standard InChI is InChI=1S/C21H23N5O/c27-19-9-5-4-8-18(19)10-22-23-20(17-6-2-1-3-7-17)21-11-24-14-25(12-21)16-26(13-21)15-24/h1-10,27H,11-16H2/b22-10-,23-20-. The molecule has 0 unspecified atom stereocenters. The number of rotatable bonds is 4. The van der Waals surface area contributed by atoms with Crippen LogP contribution >= 0.6 is 0 Å². The first-order chi connectivity index (χ1) is 13.2. The van der Waals surface area contributed by atoms with Crippen LogP contribution in [-0.4, -0.2) is 71.4 Å². The zero-order valence-corrected chi connectivity index (χ0v) is 15.2. The number of aromatic hydroxyl groups is 1. The van der Waals surface area contributed by atoms with Crippen molar-refractivity contribution in [2.24, 2.45) is 15.6 Å². The largest absolute Gasteiger partial charge is 0.507 e. The van der Waals surface area contributed by atoms with Crippen molar-refractivity contribution < 1.29 is 5.11 Å². The van der Waals surface area contributed by atoms with Crippen molar-refractivity contribution in [3.63, 3.8) is 0 Å². The van der Waals surface area contributed by atoms with Crippen LogP contribution in [0.15, 0.2) is 64.8 Å². The van der Waals surface area contributed by atoms with Crippen molar-refractivity contribution in [3.8, 4) is 5.75 Å². The molecular weight excluding hydrogens is 338 g/mol. The Hall–Kier alpha value is -2.54. The summed E-state index contributed by atoms with van der Waals surface area (Å²) in [6.07, 6.45) is 1.64. The summed E-state index contributed by atoms with van der Waals surface area (Å²) in [5, 5.41) is 19.1. The van der Waals surface area contributed by atoms with Gasteiger partial charge in [0.2, 0.25) is 0 Å². The maximum Gasteiger partial charge on any atom is 0.124 e. The Labute approximate surface area is 159 Å². The molecule has 138 valence electrons. The van der Waals surface area contributed by atoms with E-state index in [1.807, 2.05) is 18.2 Å². The fourth-order valence-electron chi connectivity index (χ4n) is 4.75. The van der Waals surface area contributed by atoms with Gasteiger partial charge in [0.05, 0.1) is 37.3 Å². The van der Waals surface area contributed by atoms with Crippen molar-refractivity contribution in [3.05, 3.63) is 65.7 Å². The molecule has 1 N–H and O–H groups in total. The molecule has 4 fully saturated rings. The van der Waals surface area contributed by atoms with E-state index in [1.165, 1.54) is 0 Å². The zero-order chi connectivity index (χ0) is 18.3. The van der Waals surface area contributed by atoms with Crippen LogP contribution in [0, 0.1) is 5.41 Å². The van der Waals surface area contributed by atoms with Crippen molar-refractivity contribution in [2.75, 3.05) is 39.6 Å². The fraction of sp³-hybridized carbons (Fsp3) is 0.333. The highest BCUT2D eigenvalue weighted by atomic mass is 16.3. The molecule has 4 saturated heterocycles. The van der Waals surface area contributed by atoms with Crippen LogP contribution in [0.2, 0.25) is 0 Å². The van der Waals surface area contributed by atoms with Gasteiger partial charge in [-0.15, -0.1) is 0 Å². The van der Waals surface area contributed by atoms with Gasteiger partial charge in [-0.25, -0.2) is 0 Å². The first-order valence-electron chi connectivity index (χ1n) is 9.34. The van der Waals surface area contributed by atoms with Gasteiger partial charge in [0.15, 0.2) is 0 Å². The molecule has 0 aliphatic carbocycles. The van der Waals surface area contributed by atoms with Crippen molar-refractivity contribution >= 4 is 11.9 Å². The molecule has 0 amide bonds. The summed E-state index contributed by atoms with van der Waals surface area (Å²) in [7, 11) is 0. The Kier molecular flexibility index (Phi) is 4.04. The van der Waals surface area contributed by atoms with Crippen LogP contribution in [-0.2, 0) is 0 Å². The lowest BCUT2D eigenvalue weighted by atomic mass is 9.74. The molecule has 27 heavy (non-hydrogen) atoms. The average molecular weight is 361 g/mol. The van der Waals surface area contributed by atoms with Gasteiger partial charge in [0, 0.05) is 25.2 Å². The lowest BCUT2D eigenvalue weighted by molar-refractivity contribution is -0.149. The third-order valence-electron chi connectivity index (χ3n) is 5.62. The molecule has 0 aromatic heterocycles. The molecule has 4 aliphatic heterocycles. The first kappa shape index (κ1) is 16.6. The van der Waals surface area contributed by atoms with E-state index in [9.17, 15) is 5.11 Å². The van der Waals surface area contributed by atoms with E-state index in [1.54, 1.807) is 18.3 Å². The predicted octanol–water partition coefficient (Wildman–Crippen LogP) is 2.02. The first-order valence-corrected chi connectivity index (χ1v) is 9.34. The molecule has 2 aromatic carbocycles. The molecule has 4 bridgehead atoms. The number of nitrogens with zero attached hydrogens (tertiary/aromatic N) is 5. The summed E-state index contributed by atoms with van der Waals surface area (Å²) < 4.78 is 0. The van der Waals surface area contributed by atoms with Gasteiger partial charge < -0.3 is 5.11 Å². The second-order valence-electron chi connectivity index (χ2n) is 7.81. The van der Waals surface area contributed by atoms with Gasteiger partial charge in [-0.1, -0.05) is 42.5 Å². The minimum absolute atomic E-state index is 0.0355. The minimum atomic E-state index is -0.0355. The van der Waals surface area contributed by atoms with Crippen LogP contribution in [0.4, 0.5) is 0 Å². The van der Waals surface area contributed by atoms with Gasteiger partial charge in [-0.3, -0.25) is 14.7 Å². The molecule has 6 rings (SSSR count). The SMILES string of the molecule is Oc1ccccc1/C=N\N=C(\c1ccccc1)C12CN3CN(CN(C3)C1)C2. The average Bonchev–Trinajstić information content (AvgIpc) is 2.66. The molecular formula is C21H23N5O. The monoisotopic (exact) mass is 361 g/mol. The Morgan fingerprint density at radius 3 is 2.07 bits per heavy atom. The Balaban J connectivity index is 1.53. The van der Waals surface area contributed by atoms with Crippen LogP contribution in [0.25, 0.3) is 0 Å². The number of hydrogen-bond donors (Lipinski definition) is 1. The lowest BCUT2D eigenvalue weighted by Crippen LogP contribution is -2.74. The topological polar surface area (TPSA) is 54.7 Å². The van der Waals surface area contributed by atoms with Crippen LogP contribution in [0.1, 0.15) is 11.1 Å². The van der Waals surface area contributed by atoms with E-state index in [4.69, 9.17) is 5.10 Å². The summed E-state index contributed by atoms with van der Waals surface area (Å²) >= 11 is 0. The van der Waals surface area contributed by atoms with E-state index in [0.717, 1.165) is 50.9 Å². The third-order valence-corrected chi connectivity index (χ3v) is 5.62. The van der Waals surface area contributed by atoms with Crippen molar-refractivity contribution in [2.45, 2.75) is 0 Å². The predicted molar refractivity (Wildman–Crippen MR) is 106 cm³/mol. The number of benzene rings is 2. The highest BCUT2D eigenvalue weighted by Crippen LogP contribution is 2.38. The van der Waals surface area contributed by atoms with Crippen molar-refractivity contribution in [1.82, 2.24) is 14.7 Å².